The second kappa shape index (κ2) is 6.53. The third-order valence-electron chi connectivity index (χ3n) is 2.69. The zero-order chi connectivity index (χ0) is 15.4. The van der Waals surface area contributed by atoms with E-state index in [2.05, 4.69) is 9.97 Å². The number of ketones is 1. The normalized spacial score (nSPS) is 12.1. The van der Waals surface area contributed by atoms with Gasteiger partial charge in [-0.2, -0.15) is 0 Å². The Kier molecular flexibility index (Phi) is 4.74. The number of Topliss-reactive ketones (excluding diaryl/α,β-unsaturated/α-hetero) is 1. The van der Waals surface area contributed by atoms with Gasteiger partial charge in [0.1, 0.15) is 0 Å². The molecule has 0 saturated carbocycles. The van der Waals surface area contributed by atoms with Gasteiger partial charge in [0, 0.05) is 0 Å². The highest BCUT2D eigenvalue weighted by Gasteiger charge is 2.27. The maximum Gasteiger partial charge on any atom is 0.327 e. The smallest absolute Gasteiger partial charge is 0.327 e. The molecule has 0 aliphatic heterocycles. The predicted octanol–water partition coefficient (Wildman–Crippen LogP) is 1.54. The molecule has 21 heavy (non-hydrogen) atoms. The summed E-state index contributed by atoms with van der Waals surface area (Å²) in [6, 6.07) is 6.85. The number of carbonyl (C=O) groups excluding carboxylic acids is 2. The molecular weight excluding hydrogens is 292 g/mol. The molecular formula is C14H14N2O4S. The number of rotatable bonds is 5. The van der Waals surface area contributed by atoms with Crippen LogP contribution in [0.4, 0.5) is 0 Å². The second-order valence-electron chi connectivity index (χ2n) is 4.25. The number of aromatic amines is 1. The van der Waals surface area contributed by atoms with Gasteiger partial charge in [0.2, 0.25) is 0 Å². The Labute approximate surface area is 124 Å². The average Bonchev–Trinajstić information content (AvgIpc) is 2.44. The first kappa shape index (κ1) is 15.2. The molecule has 6 nitrogen and oxygen atoms in total. The van der Waals surface area contributed by atoms with Crippen LogP contribution in [0.5, 0.6) is 0 Å². The number of ether oxygens (including phenoxy) is 1. The van der Waals surface area contributed by atoms with Crippen molar-refractivity contribution in [3.8, 4) is 0 Å². The Hall–Kier alpha value is -2.15. The van der Waals surface area contributed by atoms with Crippen LogP contribution in [0.25, 0.3) is 10.9 Å². The van der Waals surface area contributed by atoms with Gasteiger partial charge in [-0.3, -0.25) is 14.4 Å². The van der Waals surface area contributed by atoms with E-state index in [1.807, 2.05) is 0 Å². The number of hydrogen-bond acceptors (Lipinski definition) is 6. The summed E-state index contributed by atoms with van der Waals surface area (Å²) >= 11 is 0.883. The number of benzene rings is 1. The molecule has 0 aliphatic rings. The van der Waals surface area contributed by atoms with Gasteiger partial charge in [-0.15, -0.1) is 0 Å². The molecule has 2 rings (SSSR count). The van der Waals surface area contributed by atoms with Gasteiger partial charge in [-0.1, -0.05) is 23.9 Å². The largest absolute Gasteiger partial charge is 0.465 e. The van der Waals surface area contributed by atoms with Crippen LogP contribution in [0.3, 0.4) is 0 Å². The van der Waals surface area contributed by atoms with Gasteiger partial charge in [0.15, 0.2) is 16.2 Å². The maximum atomic E-state index is 11.9. The Bertz CT molecular complexity index is 741. The summed E-state index contributed by atoms with van der Waals surface area (Å²) in [6.45, 7) is 3.15. The Morgan fingerprint density at radius 1 is 1.38 bits per heavy atom. The predicted molar refractivity (Wildman–Crippen MR) is 79.3 cm³/mol. The lowest BCUT2D eigenvalue weighted by Gasteiger charge is -2.11. The lowest BCUT2D eigenvalue weighted by Crippen LogP contribution is -2.27. The average molecular weight is 306 g/mol. The van der Waals surface area contributed by atoms with Crippen molar-refractivity contribution in [1.29, 1.82) is 0 Å². The van der Waals surface area contributed by atoms with Crippen LogP contribution < -0.4 is 5.56 Å². The Balaban J connectivity index is 2.35. The number of thioether (sulfide) groups is 1. The Morgan fingerprint density at radius 3 is 2.76 bits per heavy atom. The lowest BCUT2D eigenvalue weighted by atomic mass is 10.2. The summed E-state index contributed by atoms with van der Waals surface area (Å²) in [5.74, 6) is -0.986. The van der Waals surface area contributed by atoms with Crippen LogP contribution in [0.1, 0.15) is 13.8 Å². The number of nitrogens with one attached hydrogen (secondary N) is 1. The number of para-hydroxylation sites is 1. The minimum Gasteiger partial charge on any atom is -0.465 e. The fourth-order valence-corrected chi connectivity index (χ4v) is 2.60. The van der Waals surface area contributed by atoms with E-state index in [-0.39, 0.29) is 23.1 Å². The third kappa shape index (κ3) is 3.49. The maximum absolute atomic E-state index is 11.9. The van der Waals surface area contributed by atoms with Crippen LogP contribution in [-0.4, -0.2) is 33.6 Å². The van der Waals surface area contributed by atoms with E-state index in [4.69, 9.17) is 4.74 Å². The van der Waals surface area contributed by atoms with Gasteiger partial charge in [0.05, 0.1) is 17.5 Å². The van der Waals surface area contributed by atoms with Crippen LogP contribution in [0.15, 0.2) is 34.2 Å². The lowest BCUT2D eigenvalue weighted by molar-refractivity contribution is -0.144. The summed E-state index contributed by atoms with van der Waals surface area (Å²) in [7, 11) is 0. The quantitative estimate of drug-likeness (QED) is 0.390. The van der Waals surface area contributed by atoms with Gasteiger partial charge < -0.3 is 9.72 Å². The topological polar surface area (TPSA) is 89.1 Å². The molecule has 0 bridgehead atoms. The molecule has 0 amide bonds. The summed E-state index contributed by atoms with van der Waals surface area (Å²) in [5.41, 5.74) is 0.198. The second-order valence-corrected chi connectivity index (χ2v) is 5.34. The number of H-pyrrole nitrogens is 1. The molecule has 1 aromatic carbocycles. The molecule has 0 spiro atoms. The molecule has 0 saturated heterocycles. The number of nitrogens with zero attached hydrogens (tertiary/aromatic N) is 1. The first-order valence-electron chi connectivity index (χ1n) is 6.35. The van der Waals surface area contributed by atoms with Crippen molar-refractivity contribution in [2.45, 2.75) is 24.3 Å². The fourth-order valence-electron chi connectivity index (χ4n) is 1.75. The minimum absolute atomic E-state index is 0.185. The van der Waals surface area contributed by atoms with E-state index in [1.165, 1.54) is 6.92 Å². The monoisotopic (exact) mass is 306 g/mol. The first-order chi connectivity index (χ1) is 10.0. The van der Waals surface area contributed by atoms with Crippen molar-refractivity contribution in [3.63, 3.8) is 0 Å². The number of hydrogen-bond donors (Lipinski definition) is 1. The van der Waals surface area contributed by atoms with Crippen molar-refractivity contribution >= 4 is 34.4 Å². The Morgan fingerprint density at radius 2 is 2.10 bits per heavy atom. The highest BCUT2D eigenvalue weighted by atomic mass is 32.2. The zero-order valence-corrected chi connectivity index (χ0v) is 12.4. The highest BCUT2D eigenvalue weighted by molar-refractivity contribution is 8.01. The molecule has 1 N–H and O–H groups in total. The molecule has 0 aliphatic carbocycles. The summed E-state index contributed by atoms with van der Waals surface area (Å²) in [6.07, 6.45) is 0. The number of carbonyl (C=O) groups is 2. The zero-order valence-electron chi connectivity index (χ0n) is 11.6. The van der Waals surface area contributed by atoms with Crippen molar-refractivity contribution in [2.24, 2.45) is 0 Å². The van der Waals surface area contributed by atoms with E-state index in [1.54, 1.807) is 31.2 Å². The molecule has 1 atom stereocenters. The van der Waals surface area contributed by atoms with Crippen LogP contribution in [0, 0.1) is 0 Å². The van der Waals surface area contributed by atoms with Crippen molar-refractivity contribution in [2.75, 3.05) is 6.61 Å². The molecule has 1 unspecified atom stereocenters. The van der Waals surface area contributed by atoms with E-state index in [9.17, 15) is 14.4 Å². The minimum atomic E-state index is -1.03. The SMILES string of the molecule is CCOC(=O)C(Sc1nc2ccccc2c(=O)[nH]1)C(C)=O. The van der Waals surface area contributed by atoms with E-state index in [0.29, 0.717) is 10.9 Å². The summed E-state index contributed by atoms with van der Waals surface area (Å²) in [5, 5.41) is -0.362. The fraction of sp³-hybridized carbons (Fsp3) is 0.286. The van der Waals surface area contributed by atoms with Crippen LogP contribution in [0.2, 0.25) is 0 Å². The number of fused-ring (bicyclic) bond motifs is 1. The van der Waals surface area contributed by atoms with Crippen molar-refractivity contribution < 1.29 is 14.3 Å². The standard InChI is InChI=1S/C14H14N2O4S/c1-3-20-13(19)11(8(2)17)21-14-15-10-7-5-4-6-9(10)12(18)16-14/h4-7,11H,3H2,1-2H3,(H,15,16,18). The van der Waals surface area contributed by atoms with Crippen molar-refractivity contribution in [3.05, 3.63) is 34.6 Å². The van der Waals surface area contributed by atoms with E-state index < -0.39 is 11.2 Å². The number of aromatic nitrogens is 2. The van der Waals surface area contributed by atoms with Gasteiger partial charge >= 0.3 is 5.97 Å². The molecule has 0 fully saturated rings. The van der Waals surface area contributed by atoms with Crippen molar-refractivity contribution in [1.82, 2.24) is 9.97 Å². The van der Waals surface area contributed by atoms with Crippen LogP contribution in [-0.2, 0) is 14.3 Å². The summed E-state index contributed by atoms with van der Waals surface area (Å²) in [4.78, 5) is 42.1. The molecule has 7 heteroatoms. The molecule has 1 aromatic heterocycles. The molecule has 110 valence electrons. The van der Waals surface area contributed by atoms with Crippen LogP contribution >= 0.6 is 11.8 Å². The molecule has 2 aromatic rings. The highest BCUT2D eigenvalue weighted by Crippen LogP contribution is 2.22. The first-order valence-corrected chi connectivity index (χ1v) is 7.23. The molecule has 0 radical (unpaired) electrons. The molecule has 1 heterocycles. The van der Waals surface area contributed by atoms with Gasteiger partial charge in [0.25, 0.3) is 5.56 Å². The van der Waals surface area contributed by atoms with Gasteiger partial charge in [-0.05, 0) is 26.0 Å². The van der Waals surface area contributed by atoms with Gasteiger partial charge in [-0.25, -0.2) is 4.98 Å². The van der Waals surface area contributed by atoms with E-state index >= 15 is 0 Å². The third-order valence-corrected chi connectivity index (χ3v) is 3.87. The summed E-state index contributed by atoms with van der Waals surface area (Å²) < 4.78 is 4.85. The van der Waals surface area contributed by atoms with E-state index in [0.717, 1.165) is 11.8 Å². The number of esters is 1.